The molecule has 5 heteroatoms. The number of rotatable bonds is 2. The normalized spacial score (nSPS) is 15.7. The van der Waals surface area contributed by atoms with E-state index in [9.17, 15) is 9.18 Å². The topological polar surface area (TPSA) is 38.3 Å². The molecule has 0 radical (unpaired) electrons. The van der Waals surface area contributed by atoms with E-state index < -0.39 is 0 Å². The monoisotopic (exact) mass is 287 g/mol. The number of aryl methyl sites for hydroxylation is 1. The van der Waals surface area contributed by atoms with Crippen molar-refractivity contribution in [1.29, 1.82) is 0 Å². The molecule has 1 aromatic carbocycles. The molecule has 86 valence electrons. The molecule has 1 aromatic rings. The van der Waals surface area contributed by atoms with Crippen LogP contribution in [0.25, 0.3) is 0 Å². The third-order valence-corrected chi connectivity index (χ3v) is 3.12. The summed E-state index contributed by atoms with van der Waals surface area (Å²) < 4.78 is 18.9. The molecule has 0 spiro atoms. The first-order valence-electron chi connectivity index (χ1n) is 4.92. The molecule has 1 amide bonds. The largest absolute Gasteiger partial charge is 0.377 e. The summed E-state index contributed by atoms with van der Waals surface area (Å²) in [5.74, 6) is -0.655. The number of nitrogens with one attached hydrogen (secondary N) is 1. The molecule has 0 aromatic heterocycles. The van der Waals surface area contributed by atoms with E-state index in [0.717, 1.165) is 0 Å². The van der Waals surface area contributed by atoms with E-state index in [1.165, 1.54) is 6.07 Å². The van der Waals surface area contributed by atoms with Gasteiger partial charge in [0, 0.05) is 4.47 Å². The molecule has 1 saturated heterocycles. The standard InChI is InChI=1S/C11H11BrFNO2/c1-6-2-9(12)8(3-10(6)13)11(15)14-7-4-16-5-7/h2-3,7H,4-5H2,1H3,(H,14,15). The molecule has 16 heavy (non-hydrogen) atoms. The Labute approximate surface area is 101 Å². The predicted octanol–water partition coefficient (Wildman–Crippen LogP) is 2.03. The zero-order valence-electron chi connectivity index (χ0n) is 8.72. The van der Waals surface area contributed by atoms with Gasteiger partial charge in [0.05, 0.1) is 24.8 Å². The van der Waals surface area contributed by atoms with Crippen LogP contribution in [0, 0.1) is 12.7 Å². The number of benzene rings is 1. The van der Waals surface area contributed by atoms with Gasteiger partial charge in [-0.1, -0.05) is 0 Å². The Balaban J connectivity index is 2.18. The fourth-order valence-corrected chi connectivity index (χ4v) is 2.04. The van der Waals surface area contributed by atoms with Crippen molar-refractivity contribution < 1.29 is 13.9 Å². The second-order valence-electron chi connectivity index (χ2n) is 3.79. The number of hydrogen-bond donors (Lipinski definition) is 1. The minimum absolute atomic E-state index is 0.0452. The summed E-state index contributed by atoms with van der Waals surface area (Å²) >= 11 is 3.25. The highest BCUT2D eigenvalue weighted by molar-refractivity contribution is 9.10. The average Bonchev–Trinajstić information content (AvgIpc) is 2.17. The first-order valence-corrected chi connectivity index (χ1v) is 5.71. The van der Waals surface area contributed by atoms with Crippen LogP contribution in [0.3, 0.4) is 0 Å². The summed E-state index contributed by atoms with van der Waals surface area (Å²) in [5.41, 5.74) is 0.824. The number of hydrogen-bond acceptors (Lipinski definition) is 2. The van der Waals surface area contributed by atoms with E-state index >= 15 is 0 Å². The Bertz CT molecular complexity index is 432. The molecule has 3 nitrogen and oxygen atoms in total. The molecule has 0 saturated carbocycles. The maximum atomic E-state index is 13.3. The molecule has 1 aliphatic heterocycles. The summed E-state index contributed by atoms with van der Waals surface area (Å²) in [7, 11) is 0. The van der Waals surface area contributed by atoms with Crippen molar-refractivity contribution in [2.45, 2.75) is 13.0 Å². The van der Waals surface area contributed by atoms with Gasteiger partial charge in [0.25, 0.3) is 5.91 Å². The molecule has 1 heterocycles. The second-order valence-corrected chi connectivity index (χ2v) is 4.64. The van der Waals surface area contributed by atoms with Gasteiger partial charge in [-0.05, 0) is 40.5 Å². The highest BCUT2D eigenvalue weighted by Crippen LogP contribution is 2.21. The lowest BCUT2D eigenvalue weighted by Crippen LogP contribution is -2.48. The van der Waals surface area contributed by atoms with Crippen molar-refractivity contribution in [3.63, 3.8) is 0 Å². The highest BCUT2D eigenvalue weighted by Gasteiger charge is 2.22. The van der Waals surface area contributed by atoms with Gasteiger partial charge in [-0.25, -0.2) is 4.39 Å². The number of carbonyl (C=O) groups is 1. The van der Waals surface area contributed by atoms with Crippen LogP contribution >= 0.6 is 15.9 Å². The van der Waals surface area contributed by atoms with E-state index in [0.29, 0.717) is 28.8 Å². The van der Waals surface area contributed by atoms with Gasteiger partial charge in [-0.15, -0.1) is 0 Å². The predicted molar refractivity (Wildman–Crippen MR) is 60.9 cm³/mol. The van der Waals surface area contributed by atoms with Crippen LogP contribution in [-0.2, 0) is 4.74 Å². The first kappa shape index (κ1) is 11.5. The quantitative estimate of drug-likeness (QED) is 0.904. The third-order valence-electron chi connectivity index (χ3n) is 2.47. The molecule has 1 N–H and O–H groups in total. The molecular weight excluding hydrogens is 277 g/mol. The van der Waals surface area contributed by atoms with Gasteiger partial charge in [0.2, 0.25) is 0 Å². The van der Waals surface area contributed by atoms with Crippen LogP contribution in [0.5, 0.6) is 0 Å². The lowest BCUT2D eigenvalue weighted by atomic mass is 10.1. The Hall–Kier alpha value is -0.940. The fraction of sp³-hybridized carbons (Fsp3) is 0.364. The fourth-order valence-electron chi connectivity index (χ4n) is 1.40. The van der Waals surface area contributed by atoms with Crippen LogP contribution in [0.15, 0.2) is 16.6 Å². The van der Waals surface area contributed by atoms with E-state index in [1.54, 1.807) is 13.0 Å². The summed E-state index contributed by atoms with van der Waals surface area (Å²) in [6.45, 7) is 2.71. The Morgan fingerprint density at radius 2 is 2.25 bits per heavy atom. The van der Waals surface area contributed by atoms with Gasteiger partial charge in [-0.3, -0.25) is 4.79 Å². The lowest BCUT2D eigenvalue weighted by molar-refractivity contribution is -0.00348. The van der Waals surface area contributed by atoms with Gasteiger partial charge in [-0.2, -0.15) is 0 Å². The summed E-state index contributed by atoms with van der Waals surface area (Å²) in [4.78, 5) is 11.8. The van der Waals surface area contributed by atoms with Crippen LogP contribution in [0.4, 0.5) is 4.39 Å². The molecular formula is C11H11BrFNO2. The number of halogens is 2. The molecule has 1 aliphatic rings. The van der Waals surface area contributed by atoms with Crippen molar-refractivity contribution in [3.8, 4) is 0 Å². The van der Waals surface area contributed by atoms with Crippen molar-refractivity contribution in [2.75, 3.05) is 13.2 Å². The Morgan fingerprint density at radius 3 is 2.81 bits per heavy atom. The van der Waals surface area contributed by atoms with Gasteiger partial charge in [0.1, 0.15) is 5.82 Å². The number of ether oxygens (including phenoxy) is 1. The second kappa shape index (κ2) is 4.51. The van der Waals surface area contributed by atoms with Crippen molar-refractivity contribution >= 4 is 21.8 Å². The molecule has 0 atom stereocenters. The van der Waals surface area contributed by atoms with Gasteiger partial charge >= 0.3 is 0 Å². The molecule has 0 aliphatic carbocycles. The van der Waals surface area contributed by atoms with Gasteiger partial charge < -0.3 is 10.1 Å². The van der Waals surface area contributed by atoms with Crippen molar-refractivity contribution in [2.24, 2.45) is 0 Å². The van der Waals surface area contributed by atoms with E-state index in [-0.39, 0.29) is 17.8 Å². The highest BCUT2D eigenvalue weighted by atomic mass is 79.9. The maximum Gasteiger partial charge on any atom is 0.252 e. The van der Waals surface area contributed by atoms with E-state index in [2.05, 4.69) is 21.2 Å². The van der Waals surface area contributed by atoms with Crippen LogP contribution < -0.4 is 5.32 Å². The minimum atomic E-state index is -0.377. The first-order chi connectivity index (χ1) is 7.58. The van der Waals surface area contributed by atoms with Crippen LogP contribution in [0.2, 0.25) is 0 Å². The zero-order valence-corrected chi connectivity index (χ0v) is 10.3. The molecule has 0 bridgehead atoms. The molecule has 1 fully saturated rings. The number of carbonyl (C=O) groups excluding carboxylic acids is 1. The third kappa shape index (κ3) is 2.25. The van der Waals surface area contributed by atoms with Crippen molar-refractivity contribution in [1.82, 2.24) is 5.32 Å². The summed E-state index contributed by atoms with van der Waals surface area (Å²) in [6.07, 6.45) is 0. The smallest absolute Gasteiger partial charge is 0.252 e. The van der Waals surface area contributed by atoms with Crippen molar-refractivity contribution in [3.05, 3.63) is 33.5 Å². The summed E-state index contributed by atoms with van der Waals surface area (Å²) in [5, 5.41) is 2.76. The van der Waals surface area contributed by atoms with Crippen LogP contribution in [0.1, 0.15) is 15.9 Å². The van der Waals surface area contributed by atoms with Gasteiger partial charge in [0.15, 0.2) is 0 Å². The maximum absolute atomic E-state index is 13.3. The Kier molecular flexibility index (Phi) is 3.25. The number of amides is 1. The Morgan fingerprint density at radius 1 is 1.56 bits per heavy atom. The van der Waals surface area contributed by atoms with Crippen LogP contribution in [-0.4, -0.2) is 25.2 Å². The van der Waals surface area contributed by atoms with E-state index in [1.807, 2.05) is 0 Å². The summed E-state index contributed by atoms with van der Waals surface area (Å²) in [6, 6.07) is 2.89. The zero-order chi connectivity index (χ0) is 11.7. The average molecular weight is 288 g/mol. The minimum Gasteiger partial charge on any atom is -0.377 e. The SMILES string of the molecule is Cc1cc(Br)c(C(=O)NC2COC2)cc1F. The lowest BCUT2D eigenvalue weighted by Gasteiger charge is -2.27. The molecule has 0 unspecified atom stereocenters. The van der Waals surface area contributed by atoms with E-state index in [4.69, 9.17) is 4.74 Å². The molecule has 2 rings (SSSR count).